The van der Waals surface area contributed by atoms with Gasteiger partial charge in [0, 0.05) is 5.92 Å². The molecule has 3 N–H and O–H groups in total. The van der Waals surface area contributed by atoms with Crippen molar-refractivity contribution in [1.82, 2.24) is 0 Å². The molecule has 15 heavy (non-hydrogen) atoms. The molecule has 0 aromatic heterocycles. The summed E-state index contributed by atoms with van der Waals surface area (Å²) in [6, 6.07) is 6.44. The van der Waals surface area contributed by atoms with Gasteiger partial charge in [-0.3, -0.25) is 4.79 Å². The summed E-state index contributed by atoms with van der Waals surface area (Å²) < 4.78 is 0. The zero-order chi connectivity index (χ0) is 11.1. The van der Waals surface area contributed by atoms with Crippen LogP contribution in [0, 0.1) is 5.41 Å². The summed E-state index contributed by atoms with van der Waals surface area (Å²) in [6.07, 6.45) is 0.462. The molecule has 2 unspecified atom stereocenters. The second-order valence-corrected chi connectivity index (χ2v) is 3.97. The predicted molar refractivity (Wildman–Crippen MR) is 52.6 cm³/mol. The second kappa shape index (κ2) is 3.24. The minimum atomic E-state index is -1.00. The fraction of sp³-hybridized carbons (Fsp3) is 0.364. The number of benzene rings is 1. The Morgan fingerprint density at radius 2 is 2.00 bits per heavy atom. The Morgan fingerprint density at radius 3 is 2.40 bits per heavy atom. The van der Waals surface area contributed by atoms with Crippen molar-refractivity contribution in [3.8, 4) is 5.75 Å². The molecule has 0 amide bonds. The highest BCUT2D eigenvalue weighted by atomic mass is 16.4. The van der Waals surface area contributed by atoms with Crippen molar-refractivity contribution in [2.75, 3.05) is 6.61 Å². The maximum absolute atomic E-state index is 11.0. The van der Waals surface area contributed by atoms with Crippen LogP contribution in [0.25, 0.3) is 0 Å². The van der Waals surface area contributed by atoms with E-state index in [4.69, 9.17) is 15.3 Å². The maximum Gasteiger partial charge on any atom is 0.312 e. The van der Waals surface area contributed by atoms with Gasteiger partial charge in [0.1, 0.15) is 5.75 Å². The van der Waals surface area contributed by atoms with Gasteiger partial charge in [-0.15, -0.1) is 0 Å². The number of aliphatic hydroxyl groups is 1. The molecule has 1 aliphatic carbocycles. The van der Waals surface area contributed by atoms with Gasteiger partial charge in [0.15, 0.2) is 0 Å². The van der Waals surface area contributed by atoms with E-state index in [1.807, 2.05) is 0 Å². The minimum absolute atomic E-state index is 0.138. The second-order valence-electron chi connectivity index (χ2n) is 3.97. The number of hydrogen-bond acceptors (Lipinski definition) is 3. The Balaban J connectivity index is 2.22. The van der Waals surface area contributed by atoms with E-state index in [9.17, 15) is 4.79 Å². The molecular weight excluding hydrogens is 196 g/mol. The lowest BCUT2D eigenvalue weighted by atomic mass is 10.00. The third-order valence-corrected chi connectivity index (χ3v) is 3.08. The predicted octanol–water partition coefficient (Wildman–Crippen LogP) is 0.943. The van der Waals surface area contributed by atoms with Crippen LogP contribution in [0.5, 0.6) is 5.75 Å². The van der Waals surface area contributed by atoms with Gasteiger partial charge in [-0.25, -0.2) is 0 Å². The van der Waals surface area contributed by atoms with E-state index in [1.165, 1.54) is 12.1 Å². The average Bonchev–Trinajstić information content (AvgIpc) is 2.95. The zero-order valence-corrected chi connectivity index (χ0v) is 8.05. The first-order valence-corrected chi connectivity index (χ1v) is 4.73. The van der Waals surface area contributed by atoms with Crippen LogP contribution >= 0.6 is 0 Å². The summed E-state index contributed by atoms with van der Waals surface area (Å²) in [5.74, 6) is -0.937. The normalized spacial score (nSPS) is 28.7. The van der Waals surface area contributed by atoms with Gasteiger partial charge in [-0.05, 0) is 24.1 Å². The maximum atomic E-state index is 11.0. The summed E-state index contributed by atoms with van der Waals surface area (Å²) in [5, 5.41) is 27.2. The molecular formula is C11H12O4. The van der Waals surface area contributed by atoms with Crippen LogP contribution in [0.4, 0.5) is 0 Å². The molecule has 1 aliphatic rings. The lowest BCUT2D eigenvalue weighted by molar-refractivity contribution is -0.145. The molecule has 0 saturated heterocycles. The molecule has 4 heteroatoms. The van der Waals surface area contributed by atoms with Gasteiger partial charge >= 0.3 is 5.97 Å². The third kappa shape index (κ3) is 1.47. The highest BCUT2D eigenvalue weighted by Crippen LogP contribution is 2.59. The monoisotopic (exact) mass is 208 g/mol. The number of aliphatic carboxylic acids is 1. The summed E-state index contributed by atoms with van der Waals surface area (Å²) in [5.41, 5.74) is -0.152. The molecule has 1 aromatic carbocycles. The largest absolute Gasteiger partial charge is 0.508 e. The third-order valence-electron chi connectivity index (χ3n) is 3.08. The van der Waals surface area contributed by atoms with Gasteiger partial charge in [-0.2, -0.15) is 0 Å². The van der Waals surface area contributed by atoms with Crippen molar-refractivity contribution in [2.45, 2.75) is 12.3 Å². The number of phenolic OH excluding ortho intramolecular Hbond substituents is 1. The number of aliphatic hydroxyl groups excluding tert-OH is 1. The fourth-order valence-electron chi connectivity index (χ4n) is 1.93. The summed E-state index contributed by atoms with van der Waals surface area (Å²) in [7, 11) is 0. The van der Waals surface area contributed by atoms with E-state index in [1.54, 1.807) is 12.1 Å². The number of rotatable bonds is 3. The molecule has 4 nitrogen and oxygen atoms in total. The van der Waals surface area contributed by atoms with Gasteiger partial charge in [0.25, 0.3) is 0 Å². The molecule has 0 heterocycles. The smallest absolute Gasteiger partial charge is 0.312 e. The molecule has 1 fully saturated rings. The van der Waals surface area contributed by atoms with Crippen LogP contribution in [0.1, 0.15) is 17.9 Å². The van der Waals surface area contributed by atoms with E-state index in [-0.39, 0.29) is 18.3 Å². The van der Waals surface area contributed by atoms with Crippen LogP contribution in [0.3, 0.4) is 0 Å². The Morgan fingerprint density at radius 1 is 1.40 bits per heavy atom. The van der Waals surface area contributed by atoms with Gasteiger partial charge in [-0.1, -0.05) is 12.1 Å². The first-order valence-electron chi connectivity index (χ1n) is 4.73. The lowest BCUT2D eigenvalue weighted by Gasteiger charge is -2.08. The standard InChI is InChI=1S/C11H12O4/c12-6-11(10(14)15)5-9(11)7-1-3-8(13)4-2-7/h1-4,9,12-13H,5-6H2,(H,14,15). The number of aromatic hydroxyl groups is 1. The lowest BCUT2D eigenvalue weighted by Crippen LogP contribution is -2.21. The van der Waals surface area contributed by atoms with Crippen molar-refractivity contribution >= 4 is 5.97 Å². The average molecular weight is 208 g/mol. The number of carboxylic acid groups (broad SMARTS) is 1. The van der Waals surface area contributed by atoms with E-state index in [0.29, 0.717) is 6.42 Å². The van der Waals surface area contributed by atoms with Crippen molar-refractivity contribution in [1.29, 1.82) is 0 Å². The molecule has 2 atom stereocenters. The quantitative estimate of drug-likeness (QED) is 0.690. The van der Waals surface area contributed by atoms with Crippen LogP contribution in [-0.2, 0) is 4.79 Å². The first kappa shape index (κ1) is 9.98. The summed E-state index contributed by atoms with van der Waals surface area (Å²) in [6.45, 7) is -0.339. The number of phenols is 1. The minimum Gasteiger partial charge on any atom is -0.508 e. The molecule has 0 aliphatic heterocycles. The number of carbonyl (C=O) groups is 1. The van der Waals surface area contributed by atoms with Gasteiger partial charge < -0.3 is 15.3 Å². The fourth-order valence-corrected chi connectivity index (χ4v) is 1.93. The highest BCUT2D eigenvalue weighted by Gasteiger charge is 2.60. The first-order chi connectivity index (χ1) is 7.10. The molecule has 80 valence electrons. The number of carboxylic acids is 1. The SMILES string of the molecule is O=C(O)C1(CO)CC1c1ccc(O)cc1. The molecule has 1 aromatic rings. The van der Waals surface area contributed by atoms with Crippen molar-refractivity contribution in [3.63, 3.8) is 0 Å². The van der Waals surface area contributed by atoms with Crippen LogP contribution in [0.15, 0.2) is 24.3 Å². The Labute approximate surface area is 86.8 Å². The highest BCUT2D eigenvalue weighted by molar-refractivity contribution is 5.80. The Kier molecular flexibility index (Phi) is 2.16. The van der Waals surface area contributed by atoms with E-state index < -0.39 is 11.4 Å². The summed E-state index contributed by atoms with van der Waals surface area (Å²) >= 11 is 0. The van der Waals surface area contributed by atoms with Crippen molar-refractivity contribution in [2.24, 2.45) is 5.41 Å². The van der Waals surface area contributed by atoms with Crippen molar-refractivity contribution in [3.05, 3.63) is 29.8 Å². The van der Waals surface area contributed by atoms with Crippen LogP contribution in [-0.4, -0.2) is 27.9 Å². The Bertz CT molecular complexity index is 384. The van der Waals surface area contributed by atoms with E-state index in [2.05, 4.69) is 0 Å². The molecule has 0 radical (unpaired) electrons. The topological polar surface area (TPSA) is 77.8 Å². The summed E-state index contributed by atoms with van der Waals surface area (Å²) in [4.78, 5) is 11.0. The molecule has 2 rings (SSSR count). The zero-order valence-electron chi connectivity index (χ0n) is 8.05. The van der Waals surface area contributed by atoms with Crippen LogP contribution < -0.4 is 0 Å². The Hall–Kier alpha value is -1.55. The van der Waals surface area contributed by atoms with Gasteiger partial charge in [0.05, 0.1) is 12.0 Å². The molecule has 0 spiro atoms. The molecule has 0 bridgehead atoms. The van der Waals surface area contributed by atoms with E-state index in [0.717, 1.165) is 5.56 Å². The van der Waals surface area contributed by atoms with Gasteiger partial charge in [0.2, 0.25) is 0 Å². The van der Waals surface area contributed by atoms with Crippen molar-refractivity contribution < 1.29 is 20.1 Å². The molecule has 1 saturated carbocycles. The number of hydrogen-bond donors (Lipinski definition) is 3. The van der Waals surface area contributed by atoms with Crippen LogP contribution in [0.2, 0.25) is 0 Å². The van der Waals surface area contributed by atoms with E-state index >= 15 is 0 Å².